The molecule has 7 heteroatoms. The molecule has 1 unspecified atom stereocenters. The number of hydrogen-bond acceptors (Lipinski definition) is 3. The lowest BCUT2D eigenvalue weighted by Crippen LogP contribution is -3.11. The van der Waals surface area contributed by atoms with E-state index in [4.69, 9.17) is 0 Å². The summed E-state index contributed by atoms with van der Waals surface area (Å²) >= 11 is 0. The van der Waals surface area contributed by atoms with Gasteiger partial charge in [-0.05, 0) is 24.5 Å². The lowest BCUT2D eigenvalue weighted by atomic mass is 10.1. The van der Waals surface area contributed by atoms with Gasteiger partial charge in [-0.3, -0.25) is 14.9 Å². The van der Waals surface area contributed by atoms with Gasteiger partial charge < -0.3 is 15.5 Å². The molecule has 0 radical (unpaired) electrons. The van der Waals surface area contributed by atoms with Gasteiger partial charge in [-0.15, -0.1) is 0 Å². The van der Waals surface area contributed by atoms with Gasteiger partial charge in [0.2, 0.25) is 0 Å². The largest absolute Gasteiger partial charge is 0.338 e. The van der Waals surface area contributed by atoms with Crippen LogP contribution in [0.25, 0.3) is 0 Å². The van der Waals surface area contributed by atoms with E-state index in [-0.39, 0.29) is 19.0 Å². The number of para-hydroxylation sites is 1. The summed E-state index contributed by atoms with van der Waals surface area (Å²) in [4.78, 5) is 35.9. The van der Waals surface area contributed by atoms with Gasteiger partial charge in [0.1, 0.15) is 0 Å². The number of urea groups is 1. The van der Waals surface area contributed by atoms with E-state index in [1.165, 1.54) is 0 Å². The van der Waals surface area contributed by atoms with Crippen molar-refractivity contribution in [2.75, 3.05) is 32.0 Å². The maximum atomic E-state index is 12.1. The molecule has 0 bridgehead atoms. The van der Waals surface area contributed by atoms with Crippen LogP contribution in [-0.2, 0) is 16.0 Å². The van der Waals surface area contributed by atoms with E-state index in [1.54, 1.807) is 7.05 Å². The van der Waals surface area contributed by atoms with Crippen LogP contribution in [0.15, 0.2) is 24.3 Å². The lowest BCUT2D eigenvalue weighted by Gasteiger charge is -2.14. The highest BCUT2D eigenvalue weighted by Gasteiger charge is 2.16. The zero-order valence-electron chi connectivity index (χ0n) is 14.6. The fourth-order valence-electron chi connectivity index (χ4n) is 2.21. The number of quaternary nitrogens is 1. The molecule has 7 nitrogen and oxygen atoms in total. The number of anilines is 1. The summed E-state index contributed by atoms with van der Waals surface area (Å²) in [6, 6.07) is 7.12. The smallest absolute Gasteiger partial charge is 0.321 e. The highest BCUT2D eigenvalue weighted by Crippen LogP contribution is 2.14. The average Bonchev–Trinajstić information content (AvgIpc) is 2.52. The predicted octanol–water partition coefficient (Wildman–Crippen LogP) is -0.0620. The number of hydrogen-bond donors (Lipinski definition) is 4. The number of aryl methyl sites for hydroxylation is 1. The summed E-state index contributed by atoms with van der Waals surface area (Å²) in [5, 5.41) is 7.67. The van der Waals surface area contributed by atoms with E-state index in [1.807, 2.05) is 38.1 Å². The summed E-state index contributed by atoms with van der Waals surface area (Å²) in [6.45, 7) is 4.65. The van der Waals surface area contributed by atoms with Gasteiger partial charge in [-0.25, -0.2) is 4.79 Å². The molecule has 4 amide bonds. The van der Waals surface area contributed by atoms with Crippen LogP contribution in [0.5, 0.6) is 0 Å². The summed E-state index contributed by atoms with van der Waals surface area (Å²) in [5.74, 6) is -0.584. The quantitative estimate of drug-likeness (QED) is 0.536. The molecule has 1 aromatic carbocycles. The van der Waals surface area contributed by atoms with Gasteiger partial charge >= 0.3 is 6.03 Å². The third-order valence-corrected chi connectivity index (χ3v) is 3.39. The molecular formula is C17H27N4O3+. The molecule has 24 heavy (non-hydrogen) atoms. The van der Waals surface area contributed by atoms with E-state index in [0.29, 0.717) is 11.4 Å². The van der Waals surface area contributed by atoms with Gasteiger partial charge in [-0.2, -0.15) is 0 Å². The third kappa shape index (κ3) is 7.23. The van der Waals surface area contributed by atoms with E-state index < -0.39 is 11.9 Å². The topological polar surface area (TPSA) is 91.7 Å². The number of carbonyl (C=O) groups excluding carboxylic acids is 3. The number of carbonyl (C=O) groups is 3. The molecule has 0 aliphatic carbocycles. The van der Waals surface area contributed by atoms with Gasteiger partial charge in [-0.1, -0.05) is 32.0 Å². The molecule has 0 heterocycles. The van der Waals surface area contributed by atoms with Crippen LogP contribution in [0.3, 0.4) is 0 Å². The first-order chi connectivity index (χ1) is 11.5. The molecule has 0 spiro atoms. The highest BCUT2D eigenvalue weighted by atomic mass is 16.2. The number of rotatable bonds is 8. The van der Waals surface area contributed by atoms with Gasteiger partial charge in [0.25, 0.3) is 11.8 Å². The molecule has 0 saturated carbocycles. The van der Waals surface area contributed by atoms with Crippen molar-refractivity contribution in [3.8, 4) is 0 Å². The molecule has 1 aromatic rings. The number of benzene rings is 1. The Balaban J connectivity index is 2.41. The first-order valence-electron chi connectivity index (χ1n) is 8.23. The Morgan fingerprint density at radius 1 is 1.04 bits per heavy atom. The number of amides is 4. The van der Waals surface area contributed by atoms with Gasteiger partial charge in [0, 0.05) is 12.2 Å². The van der Waals surface area contributed by atoms with Crippen LogP contribution < -0.4 is 20.9 Å². The monoisotopic (exact) mass is 335 g/mol. The summed E-state index contributed by atoms with van der Waals surface area (Å²) in [6.07, 6.45) is 1.63. The summed E-state index contributed by atoms with van der Waals surface area (Å²) in [5.41, 5.74) is 1.86. The zero-order chi connectivity index (χ0) is 17.9. The Bertz CT molecular complexity index is 575. The Morgan fingerprint density at radius 3 is 2.38 bits per heavy atom. The van der Waals surface area contributed by atoms with Crippen molar-refractivity contribution in [1.82, 2.24) is 10.6 Å². The zero-order valence-corrected chi connectivity index (χ0v) is 14.6. The summed E-state index contributed by atoms with van der Waals surface area (Å²) < 4.78 is 0. The Labute approximate surface area is 142 Å². The lowest BCUT2D eigenvalue weighted by molar-refractivity contribution is -0.862. The molecule has 132 valence electrons. The Kier molecular flexibility index (Phi) is 8.49. The Hall–Kier alpha value is -2.41. The number of likely N-dealkylation sites (N-methyl/N-ethyl adjacent to an activating group) is 1. The van der Waals surface area contributed by atoms with E-state index in [0.717, 1.165) is 24.1 Å². The van der Waals surface area contributed by atoms with Crippen LogP contribution in [0, 0.1) is 0 Å². The van der Waals surface area contributed by atoms with Crippen molar-refractivity contribution in [2.45, 2.75) is 26.7 Å². The van der Waals surface area contributed by atoms with E-state index in [2.05, 4.69) is 16.0 Å². The maximum Gasteiger partial charge on any atom is 0.321 e. The first-order valence-corrected chi connectivity index (χ1v) is 8.23. The minimum Gasteiger partial charge on any atom is -0.338 e. The molecule has 4 N–H and O–H groups in total. The Morgan fingerprint density at radius 2 is 1.71 bits per heavy atom. The second kappa shape index (κ2) is 10.4. The standard InChI is InChI=1S/C17H26N4O3/c1-4-10-18-17(24)20-16(23)12-21(3)11-15(22)19-14-9-7-6-8-13(14)5-2/h6-9H,4-5,10-12H2,1-3H3,(H,19,22)(H2,18,20,23,24)/p+1. The molecule has 1 atom stereocenters. The third-order valence-electron chi connectivity index (χ3n) is 3.39. The molecule has 1 rings (SSSR count). The first kappa shape index (κ1) is 19.6. The van der Waals surface area contributed by atoms with Crippen LogP contribution in [0.2, 0.25) is 0 Å². The van der Waals surface area contributed by atoms with E-state index >= 15 is 0 Å². The van der Waals surface area contributed by atoms with Crippen molar-refractivity contribution in [3.63, 3.8) is 0 Å². The van der Waals surface area contributed by atoms with Crippen LogP contribution in [-0.4, -0.2) is 44.5 Å². The van der Waals surface area contributed by atoms with Gasteiger partial charge in [0.05, 0.1) is 7.05 Å². The second-order valence-corrected chi connectivity index (χ2v) is 5.67. The van der Waals surface area contributed by atoms with E-state index in [9.17, 15) is 14.4 Å². The summed E-state index contributed by atoms with van der Waals surface area (Å²) in [7, 11) is 1.73. The van der Waals surface area contributed by atoms with Crippen molar-refractivity contribution in [3.05, 3.63) is 29.8 Å². The van der Waals surface area contributed by atoms with Crippen LogP contribution in [0.4, 0.5) is 10.5 Å². The van der Waals surface area contributed by atoms with Crippen LogP contribution >= 0.6 is 0 Å². The molecule has 0 aliphatic heterocycles. The van der Waals surface area contributed by atoms with Crippen molar-refractivity contribution in [2.24, 2.45) is 0 Å². The fourth-order valence-corrected chi connectivity index (χ4v) is 2.21. The molecule has 0 fully saturated rings. The van der Waals surface area contributed by atoms with Crippen molar-refractivity contribution < 1.29 is 19.3 Å². The number of nitrogens with one attached hydrogen (secondary N) is 4. The molecule has 0 saturated heterocycles. The second-order valence-electron chi connectivity index (χ2n) is 5.67. The minimum absolute atomic E-state index is 0.0440. The molecule has 0 aromatic heterocycles. The maximum absolute atomic E-state index is 12.1. The SMILES string of the molecule is CCCNC(=O)NC(=O)C[NH+](C)CC(=O)Nc1ccccc1CC. The van der Waals surface area contributed by atoms with Crippen molar-refractivity contribution in [1.29, 1.82) is 0 Å². The number of imide groups is 1. The normalized spacial score (nSPS) is 11.5. The highest BCUT2D eigenvalue weighted by molar-refractivity contribution is 5.95. The molecule has 0 aliphatic rings. The van der Waals surface area contributed by atoms with Gasteiger partial charge in [0.15, 0.2) is 13.1 Å². The predicted molar refractivity (Wildman–Crippen MR) is 92.9 cm³/mol. The fraction of sp³-hybridized carbons (Fsp3) is 0.471. The minimum atomic E-state index is -0.504. The van der Waals surface area contributed by atoms with Crippen LogP contribution in [0.1, 0.15) is 25.8 Å². The van der Waals surface area contributed by atoms with Crippen molar-refractivity contribution >= 4 is 23.5 Å². The average molecular weight is 335 g/mol. The molecular weight excluding hydrogens is 308 g/mol.